The van der Waals surface area contributed by atoms with Crippen LogP contribution in [0, 0.1) is 0 Å². The first-order chi connectivity index (χ1) is 22.6. The third kappa shape index (κ3) is 4.16. The Morgan fingerprint density at radius 1 is 0.478 bits per heavy atom. The second-order valence-electron chi connectivity index (χ2n) is 12.6. The van der Waals surface area contributed by atoms with Gasteiger partial charge in [-0.25, -0.2) is 9.97 Å². The molecule has 0 unspecified atom stereocenters. The molecule has 1 aliphatic carbocycles. The van der Waals surface area contributed by atoms with Gasteiger partial charge in [0.15, 0.2) is 5.82 Å². The fraction of sp³-hybridized carbons (Fsp3) is 0.0698. The first-order valence-electron chi connectivity index (χ1n) is 15.8. The van der Waals surface area contributed by atoms with Crippen LogP contribution in [0.15, 0.2) is 146 Å². The molecule has 3 heteroatoms. The quantitative estimate of drug-likeness (QED) is 0.199. The van der Waals surface area contributed by atoms with Crippen LogP contribution in [0.5, 0.6) is 0 Å². The van der Waals surface area contributed by atoms with Crippen molar-refractivity contribution in [2.45, 2.75) is 19.3 Å². The highest BCUT2D eigenvalue weighted by Crippen LogP contribution is 2.52. The fourth-order valence-corrected chi connectivity index (χ4v) is 8.37. The summed E-state index contributed by atoms with van der Waals surface area (Å²) in [5.41, 5.74) is 13.0. The summed E-state index contributed by atoms with van der Waals surface area (Å²) in [7, 11) is 0. The largest absolute Gasteiger partial charge is 0.228 e. The van der Waals surface area contributed by atoms with E-state index in [1.165, 1.54) is 53.6 Å². The van der Waals surface area contributed by atoms with E-state index in [1.54, 1.807) is 0 Å². The summed E-state index contributed by atoms with van der Waals surface area (Å²) in [5, 5.41) is 2.45. The third-order valence-electron chi connectivity index (χ3n) is 9.52. The molecular formula is C43H30N2S. The average molecular weight is 607 g/mol. The molecule has 0 radical (unpaired) electrons. The van der Waals surface area contributed by atoms with Gasteiger partial charge in [-0.05, 0) is 57.6 Å². The highest BCUT2D eigenvalue weighted by Gasteiger charge is 2.36. The number of hydrogen-bond donors (Lipinski definition) is 0. The lowest BCUT2D eigenvalue weighted by molar-refractivity contribution is 0.660. The van der Waals surface area contributed by atoms with Crippen LogP contribution in [-0.4, -0.2) is 9.97 Å². The topological polar surface area (TPSA) is 25.8 Å². The van der Waals surface area contributed by atoms with Crippen molar-refractivity contribution in [3.8, 4) is 56.2 Å². The van der Waals surface area contributed by atoms with Gasteiger partial charge in [0, 0.05) is 42.3 Å². The minimum Gasteiger partial charge on any atom is -0.228 e. The molecule has 2 heterocycles. The van der Waals surface area contributed by atoms with Gasteiger partial charge in [-0.3, -0.25) is 0 Å². The Morgan fingerprint density at radius 3 is 1.83 bits per heavy atom. The minimum absolute atomic E-state index is 0.0359. The number of fused-ring (bicyclic) bond motifs is 6. The van der Waals surface area contributed by atoms with E-state index < -0.39 is 0 Å². The molecule has 0 saturated heterocycles. The molecule has 0 N–H and O–H groups in total. The molecule has 6 aromatic carbocycles. The number of benzene rings is 6. The molecule has 46 heavy (non-hydrogen) atoms. The van der Waals surface area contributed by atoms with Crippen molar-refractivity contribution in [3.05, 3.63) is 157 Å². The predicted molar refractivity (Wildman–Crippen MR) is 194 cm³/mol. The fourth-order valence-electron chi connectivity index (χ4n) is 7.26. The van der Waals surface area contributed by atoms with Crippen molar-refractivity contribution in [2.24, 2.45) is 0 Å². The van der Waals surface area contributed by atoms with Crippen LogP contribution in [0.1, 0.15) is 25.0 Å². The number of nitrogens with zero attached hydrogens (tertiary/aromatic N) is 2. The zero-order valence-electron chi connectivity index (χ0n) is 25.7. The lowest BCUT2D eigenvalue weighted by Crippen LogP contribution is -2.14. The van der Waals surface area contributed by atoms with Gasteiger partial charge in [0.2, 0.25) is 0 Å². The minimum atomic E-state index is -0.0359. The van der Waals surface area contributed by atoms with E-state index in [2.05, 4.69) is 147 Å². The van der Waals surface area contributed by atoms with Crippen LogP contribution in [0.2, 0.25) is 0 Å². The van der Waals surface area contributed by atoms with Crippen molar-refractivity contribution >= 4 is 31.5 Å². The summed E-state index contributed by atoms with van der Waals surface area (Å²) in [4.78, 5) is 10.4. The van der Waals surface area contributed by atoms with Gasteiger partial charge in [0.25, 0.3) is 0 Å². The van der Waals surface area contributed by atoms with Gasteiger partial charge in [-0.2, -0.15) is 0 Å². The first kappa shape index (κ1) is 27.0. The Labute approximate surface area is 272 Å². The Hall–Kier alpha value is -5.38. The molecule has 2 nitrogen and oxygen atoms in total. The van der Waals surface area contributed by atoms with Crippen molar-refractivity contribution in [3.63, 3.8) is 0 Å². The van der Waals surface area contributed by atoms with E-state index in [0.29, 0.717) is 0 Å². The van der Waals surface area contributed by atoms with Gasteiger partial charge in [0.05, 0.1) is 11.4 Å². The molecule has 0 saturated carbocycles. The zero-order chi connectivity index (χ0) is 30.8. The molecule has 9 rings (SSSR count). The van der Waals surface area contributed by atoms with E-state index in [-0.39, 0.29) is 5.41 Å². The standard InChI is InChI=1S/C43H30N2S/c1-43(2)34-20-10-9-17-31(34)40-30(18-11-21-35(40)43)29-23-24-38-33(25-29)41-32(19-12-22-39(41)46-38)42-44-36(27-13-5-3-6-14-27)26-37(45-42)28-15-7-4-8-16-28/h3-26H,1-2H3. The number of rotatable bonds is 4. The van der Waals surface area contributed by atoms with E-state index >= 15 is 0 Å². The molecule has 0 bridgehead atoms. The number of hydrogen-bond acceptors (Lipinski definition) is 3. The van der Waals surface area contributed by atoms with Crippen LogP contribution < -0.4 is 0 Å². The van der Waals surface area contributed by atoms with Crippen LogP contribution >= 0.6 is 11.3 Å². The molecule has 0 atom stereocenters. The summed E-state index contributed by atoms with van der Waals surface area (Å²) in [6, 6.07) is 52.1. The van der Waals surface area contributed by atoms with Crippen molar-refractivity contribution in [1.82, 2.24) is 9.97 Å². The lowest BCUT2D eigenvalue weighted by Gasteiger charge is -2.21. The van der Waals surface area contributed by atoms with Crippen LogP contribution in [-0.2, 0) is 5.41 Å². The van der Waals surface area contributed by atoms with Crippen LogP contribution in [0.3, 0.4) is 0 Å². The van der Waals surface area contributed by atoms with Gasteiger partial charge in [-0.1, -0.05) is 135 Å². The summed E-state index contributed by atoms with van der Waals surface area (Å²) in [5.74, 6) is 0.743. The number of aromatic nitrogens is 2. The molecule has 1 aliphatic rings. The molecule has 218 valence electrons. The molecule has 8 aromatic rings. The van der Waals surface area contributed by atoms with Crippen LogP contribution in [0.25, 0.3) is 76.3 Å². The van der Waals surface area contributed by atoms with Gasteiger partial charge in [-0.15, -0.1) is 11.3 Å². The van der Waals surface area contributed by atoms with E-state index in [4.69, 9.17) is 9.97 Å². The monoisotopic (exact) mass is 606 g/mol. The van der Waals surface area contributed by atoms with Crippen molar-refractivity contribution < 1.29 is 0 Å². The van der Waals surface area contributed by atoms with Crippen molar-refractivity contribution in [1.29, 1.82) is 0 Å². The molecule has 0 amide bonds. The second-order valence-corrected chi connectivity index (χ2v) is 13.7. The lowest BCUT2D eigenvalue weighted by atomic mass is 9.82. The Kier molecular flexibility index (Phi) is 6.06. The van der Waals surface area contributed by atoms with Gasteiger partial charge < -0.3 is 0 Å². The summed E-state index contributed by atoms with van der Waals surface area (Å²) in [6.45, 7) is 4.69. The summed E-state index contributed by atoms with van der Waals surface area (Å²) in [6.07, 6.45) is 0. The maximum Gasteiger partial charge on any atom is 0.161 e. The zero-order valence-corrected chi connectivity index (χ0v) is 26.5. The highest BCUT2D eigenvalue weighted by atomic mass is 32.1. The van der Waals surface area contributed by atoms with Gasteiger partial charge in [0.1, 0.15) is 0 Å². The Bertz CT molecular complexity index is 2380. The predicted octanol–water partition coefficient (Wildman–Crippen LogP) is 11.8. The van der Waals surface area contributed by atoms with Crippen LogP contribution in [0.4, 0.5) is 0 Å². The van der Waals surface area contributed by atoms with E-state index in [9.17, 15) is 0 Å². The second kappa shape index (κ2) is 10.3. The van der Waals surface area contributed by atoms with E-state index in [1.807, 2.05) is 23.5 Å². The average Bonchev–Trinajstić information content (AvgIpc) is 3.61. The third-order valence-corrected chi connectivity index (χ3v) is 10.7. The molecule has 0 aliphatic heterocycles. The van der Waals surface area contributed by atoms with Crippen molar-refractivity contribution in [2.75, 3.05) is 0 Å². The maximum atomic E-state index is 5.20. The normalized spacial score (nSPS) is 13.2. The molecule has 0 fully saturated rings. The maximum absolute atomic E-state index is 5.20. The van der Waals surface area contributed by atoms with Gasteiger partial charge >= 0.3 is 0 Å². The Balaban J connectivity index is 1.27. The summed E-state index contributed by atoms with van der Waals surface area (Å²) >= 11 is 1.83. The molecular weight excluding hydrogens is 577 g/mol. The highest BCUT2D eigenvalue weighted by molar-refractivity contribution is 7.26. The Morgan fingerprint density at radius 2 is 1.09 bits per heavy atom. The summed E-state index contributed by atoms with van der Waals surface area (Å²) < 4.78 is 2.51. The smallest absolute Gasteiger partial charge is 0.161 e. The molecule has 2 aromatic heterocycles. The molecule has 0 spiro atoms. The number of thiophene rings is 1. The SMILES string of the molecule is CC1(C)c2ccccc2-c2c(-c3ccc4sc5cccc(-c6nc(-c7ccccc7)cc(-c7ccccc7)n6)c5c4c3)cccc21. The first-order valence-corrected chi connectivity index (χ1v) is 16.6. The van der Waals surface area contributed by atoms with E-state index in [0.717, 1.165) is 33.9 Å².